The SMILES string of the molecule is NCCCCS(=O)(=O)c1ccc2c(c1)CCCC2. The summed E-state index contributed by atoms with van der Waals surface area (Å²) in [6.45, 7) is 0.555. The number of unbranched alkanes of at least 4 members (excludes halogenated alkanes) is 1. The highest BCUT2D eigenvalue weighted by molar-refractivity contribution is 7.91. The van der Waals surface area contributed by atoms with Crippen LogP contribution in [-0.4, -0.2) is 20.7 Å². The van der Waals surface area contributed by atoms with Crippen molar-refractivity contribution in [3.8, 4) is 0 Å². The predicted octanol–water partition coefficient (Wildman–Crippen LogP) is 2.08. The van der Waals surface area contributed by atoms with E-state index in [0.29, 0.717) is 17.9 Å². The number of hydrogen-bond acceptors (Lipinski definition) is 3. The van der Waals surface area contributed by atoms with Crippen LogP contribution in [0.5, 0.6) is 0 Å². The molecule has 4 heteroatoms. The molecular weight excluding hydrogens is 246 g/mol. The van der Waals surface area contributed by atoms with E-state index in [1.165, 1.54) is 24.0 Å². The van der Waals surface area contributed by atoms with Gasteiger partial charge in [0.15, 0.2) is 9.84 Å². The molecular formula is C14H21NO2S. The van der Waals surface area contributed by atoms with Crippen LogP contribution >= 0.6 is 0 Å². The van der Waals surface area contributed by atoms with Crippen LogP contribution in [-0.2, 0) is 22.7 Å². The van der Waals surface area contributed by atoms with Crippen LogP contribution in [0.3, 0.4) is 0 Å². The lowest BCUT2D eigenvalue weighted by Gasteiger charge is -2.16. The third-order valence-electron chi connectivity index (χ3n) is 3.55. The Kier molecular flexibility index (Phi) is 4.40. The van der Waals surface area contributed by atoms with Gasteiger partial charge in [-0.05, 0) is 68.3 Å². The zero-order chi connectivity index (χ0) is 13.0. The number of fused-ring (bicyclic) bond motifs is 1. The summed E-state index contributed by atoms with van der Waals surface area (Å²) in [6, 6.07) is 5.64. The van der Waals surface area contributed by atoms with E-state index in [9.17, 15) is 8.42 Å². The summed E-state index contributed by atoms with van der Waals surface area (Å²) in [6.07, 6.45) is 5.91. The summed E-state index contributed by atoms with van der Waals surface area (Å²) in [5.41, 5.74) is 7.94. The smallest absolute Gasteiger partial charge is 0.178 e. The Morgan fingerprint density at radius 3 is 2.50 bits per heavy atom. The van der Waals surface area contributed by atoms with Crippen molar-refractivity contribution in [1.82, 2.24) is 0 Å². The van der Waals surface area contributed by atoms with Gasteiger partial charge in [0, 0.05) is 0 Å². The summed E-state index contributed by atoms with van der Waals surface area (Å²) in [5, 5.41) is 0. The van der Waals surface area contributed by atoms with Gasteiger partial charge in [-0.15, -0.1) is 0 Å². The number of sulfone groups is 1. The Labute approximate surface area is 109 Å². The third kappa shape index (κ3) is 3.12. The first-order valence-electron chi connectivity index (χ1n) is 6.68. The van der Waals surface area contributed by atoms with E-state index in [0.717, 1.165) is 19.3 Å². The molecule has 0 saturated carbocycles. The first kappa shape index (κ1) is 13.6. The molecule has 0 amide bonds. The molecule has 0 atom stereocenters. The van der Waals surface area contributed by atoms with Crippen molar-refractivity contribution in [3.05, 3.63) is 29.3 Å². The fourth-order valence-electron chi connectivity index (χ4n) is 2.46. The largest absolute Gasteiger partial charge is 0.330 e. The molecule has 0 saturated heterocycles. The molecule has 18 heavy (non-hydrogen) atoms. The second kappa shape index (κ2) is 5.85. The van der Waals surface area contributed by atoms with Crippen molar-refractivity contribution in [2.75, 3.05) is 12.3 Å². The van der Waals surface area contributed by atoms with E-state index in [2.05, 4.69) is 0 Å². The molecule has 0 radical (unpaired) electrons. The van der Waals surface area contributed by atoms with E-state index < -0.39 is 9.84 Å². The number of hydrogen-bond donors (Lipinski definition) is 1. The molecule has 2 N–H and O–H groups in total. The van der Waals surface area contributed by atoms with Crippen molar-refractivity contribution in [2.45, 2.75) is 43.4 Å². The fraction of sp³-hybridized carbons (Fsp3) is 0.571. The molecule has 0 spiro atoms. The average Bonchev–Trinajstić information content (AvgIpc) is 2.38. The molecule has 0 heterocycles. The number of benzene rings is 1. The number of aryl methyl sites for hydroxylation is 2. The molecule has 0 bridgehead atoms. The van der Waals surface area contributed by atoms with Crippen LogP contribution in [0, 0.1) is 0 Å². The molecule has 100 valence electrons. The monoisotopic (exact) mass is 267 g/mol. The molecule has 0 aliphatic heterocycles. The maximum absolute atomic E-state index is 12.2. The summed E-state index contributed by atoms with van der Waals surface area (Å²) in [7, 11) is -3.12. The predicted molar refractivity (Wildman–Crippen MR) is 73.4 cm³/mol. The van der Waals surface area contributed by atoms with Crippen molar-refractivity contribution in [3.63, 3.8) is 0 Å². The molecule has 1 aromatic rings. The van der Waals surface area contributed by atoms with E-state index in [1.807, 2.05) is 12.1 Å². The van der Waals surface area contributed by atoms with Gasteiger partial charge in [0.1, 0.15) is 0 Å². The van der Waals surface area contributed by atoms with Gasteiger partial charge in [-0.3, -0.25) is 0 Å². The zero-order valence-corrected chi connectivity index (χ0v) is 11.5. The summed E-state index contributed by atoms with van der Waals surface area (Å²) in [4.78, 5) is 0.486. The molecule has 0 fully saturated rings. The van der Waals surface area contributed by atoms with E-state index in [4.69, 9.17) is 5.73 Å². The highest BCUT2D eigenvalue weighted by Crippen LogP contribution is 2.24. The Morgan fingerprint density at radius 2 is 1.78 bits per heavy atom. The second-order valence-electron chi connectivity index (χ2n) is 4.95. The molecule has 0 aromatic heterocycles. The number of rotatable bonds is 5. The van der Waals surface area contributed by atoms with Crippen LogP contribution < -0.4 is 5.73 Å². The normalized spacial score (nSPS) is 15.4. The highest BCUT2D eigenvalue weighted by atomic mass is 32.2. The van der Waals surface area contributed by atoms with Gasteiger partial charge >= 0.3 is 0 Å². The second-order valence-corrected chi connectivity index (χ2v) is 7.06. The average molecular weight is 267 g/mol. The standard InChI is InChI=1S/C14H21NO2S/c15-9-3-4-10-18(16,17)14-8-7-12-5-1-2-6-13(12)11-14/h7-8,11H,1-6,9-10,15H2. The van der Waals surface area contributed by atoms with Crippen LogP contribution in [0.25, 0.3) is 0 Å². The maximum atomic E-state index is 12.2. The fourth-order valence-corrected chi connectivity index (χ4v) is 3.87. The van der Waals surface area contributed by atoms with Crippen molar-refractivity contribution < 1.29 is 8.42 Å². The first-order chi connectivity index (χ1) is 8.63. The molecule has 1 aliphatic carbocycles. The first-order valence-corrected chi connectivity index (χ1v) is 8.33. The molecule has 3 nitrogen and oxygen atoms in total. The van der Waals surface area contributed by atoms with Gasteiger partial charge < -0.3 is 5.73 Å². The van der Waals surface area contributed by atoms with Gasteiger partial charge in [-0.1, -0.05) is 6.07 Å². The van der Waals surface area contributed by atoms with E-state index >= 15 is 0 Å². The minimum Gasteiger partial charge on any atom is -0.330 e. The van der Waals surface area contributed by atoms with Gasteiger partial charge in [-0.25, -0.2) is 8.42 Å². The topological polar surface area (TPSA) is 60.2 Å². The molecule has 1 aromatic carbocycles. The van der Waals surface area contributed by atoms with Crippen LogP contribution in [0.15, 0.2) is 23.1 Å². The van der Waals surface area contributed by atoms with Gasteiger partial charge in [0.2, 0.25) is 0 Å². The van der Waals surface area contributed by atoms with Crippen LogP contribution in [0.2, 0.25) is 0 Å². The maximum Gasteiger partial charge on any atom is 0.178 e. The van der Waals surface area contributed by atoms with Gasteiger partial charge in [0.05, 0.1) is 10.6 Å². The van der Waals surface area contributed by atoms with Crippen molar-refractivity contribution >= 4 is 9.84 Å². The Balaban J connectivity index is 2.17. The quantitative estimate of drug-likeness (QED) is 0.831. The zero-order valence-electron chi connectivity index (χ0n) is 10.7. The minimum atomic E-state index is -3.12. The lowest BCUT2D eigenvalue weighted by atomic mass is 9.92. The van der Waals surface area contributed by atoms with E-state index in [-0.39, 0.29) is 5.75 Å². The minimum absolute atomic E-state index is 0.211. The summed E-state index contributed by atoms with van der Waals surface area (Å²) in [5.74, 6) is 0.211. The summed E-state index contributed by atoms with van der Waals surface area (Å²) >= 11 is 0. The van der Waals surface area contributed by atoms with Crippen LogP contribution in [0.1, 0.15) is 36.8 Å². The van der Waals surface area contributed by atoms with Crippen molar-refractivity contribution in [2.24, 2.45) is 5.73 Å². The molecule has 1 aliphatic rings. The molecule has 0 unspecified atom stereocenters. The summed E-state index contributed by atoms with van der Waals surface area (Å²) < 4.78 is 24.3. The third-order valence-corrected chi connectivity index (χ3v) is 5.34. The van der Waals surface area contributed by atoms with Gasteiger partial charge in [-0.2, -0.15) is 0 Å². The Hall–Kier alpha value is -0.870. The lowest BCUT2D eigenvalue weighted by molar-refractivity contribution is 0.591. The molecule has 2 rings (SSSR count). The van der Waals surface area contributed by atoms with Crippen molar-refractivity contribution in [1.29, 1.82) is 0 Å². The number of nitrogens with two attached hydrogens (primary N) is 1. The van der Waals surface area contributed by atoms with Crippen LogP contribution in [0.4, 0.5) is 0 Å². The van der Waals surface area contributed by atoms with Gasteiger partial charge in [0.25, 0.3) is 0 Å². The lowest BCUT2D eigenvalue weighted by Crippen LogP contribution is -2.11. The highest BCUT2D eigenvalue weighted by Gasteiger charge is 2.17. The Bertz CT molecular complexity index is 509. The van der Waals surface area contributed by atoms with E-state index in [1.54, 1.807) is 6.07 Å². The Morgan fingerprint density at radius 1 is 1.06 bits per heavy atom.